The van der Waals surface area contributed by atoms with Gasteiger partial charge in [0.2, 0.25) is 5.91 Å². The van der Waals surface area contributed by atoms with Crippen LogP contribution in [0.5, 0.6) is 5.75 Å². The Morgan fingerprint density at radius 1 is 1.33 bits per heavy atom. The lowest BCUT2D eigenvalue weighted by Crippen LogP contribution is -2.48. The van der Waals surface area contributed by atoms with Crippen molar-refractivity contribution in [3.05, 3.63) is 28.7 Å². The van der Waals surface area contributed by atoms with Crippen LogP contribution in [0.4, 0.5) is 0 Å². The van der Waals surface area contributed by atoms with Gasteiger partial charge in [0.05, 0.1) is 17.5 Å². The molecule has 0 saturated carbocycles. The Kier molecular flexibility index (Phi) is 5.61. The molecule has 1 atom stereocenters. The minimum Gasteiger partial charge on any atom is -0.492 e. The number of carboxylic acid groups (broad SMARTS) is 1. The molecule has 6 heteroatoms. The fourth-order valence-corrected chi connectivity index (χ4v) is 2.84. The van der Waals surface area contributed by atoms with Gasteiger partial charge < -0.3 is 14.7 Å². The van der Waals surface area contributed by atoms with Crippen LogP contribution < -0.4 is 4.74 Å². The molecule has 0 bridgehead atoms. The highest BCUT2D eigenvalue weighted by atomic mass is 79.9. The number of carboxylic acids is 1. The van der Waals surface area contributed by atoms with E-state index in [1.54, 1.807) is 0 Å². The lowest BCUT2D eigenvalue weighted by Gasteiger charge is -2.33. The molecule has 114 valence electrons. The van der Waals surface area contributed by atoms with E-state index in [-0.39, 0.29) is 18.9 Å². The van der Waals surface area contributed by atoms with E-state index in [4.69, 9.17) is 9.84 Å². The maximum Gasteiger partial charge on any atom is 0.326 e. The number of piperidine rings is 1. The molecule has 1 amide bonds. The molecule has 21 heavy (non-hydrogen) atoms. The maximum atomic E-state index is 12.2. The van der Waals surface area contributed by atoms with E-state index in [9.17, 15) is 9.59 Å². The molecule has 2 rings (SSSR count). The van der Waals surface area contributed by atoms with Crippen LogP contribution in [-0.2, 0) is 9.59 Å². The Labute approximate surface area is 132 Å². The van der Waals surface area contributed by atoms with Gasteiger partial charge in [0.15, 0.2) is 0 Å². The van der Waals surface area contributed by atoms with E-state index in [1.807, 2.05) is 24.3 Å². The predicted octanol–water partition coefficient (Wildman–Crippen LogP) is 2.68. The van der Waals surface area contributed by atoms with Gasteiger partial charge >= 0.3 is 5.97 Å². The van der Waals surface area contributed by atoms with Crippen LogP contribution in [0, 0.1) is 0 Å². The largest absolute Gasteiger partial charge is 0.492 e. The number of carbonyl (C=O) groups excluding carboxylic acids is 1. The van der Waals surface area contributed by atoms with Crippen LogP contribution in [-0.4, -0.2) is 41.1 Å². The van der Waals surface area contributed by atoms with Crippen molar-refractivity contribution in [3.63, 3.8) is 0 Å². The molecule has 1 fully saturated rings. The number of aliphatic carboxylic acids is 1. The van der Waals surface area contributed by atoms with Gasteiger partial charge in [0.25, 0.3) is 0 Å². The summed E-state index contributed by atoms with van der Waals surface area (Å²) in [6.07, 6.45) is 2.44. The smallest absolute Gasteiger partial charge is 0.326 e. The standard InChI is InChI=1S/C15H18BrNO4/c16-11-5-1-2-7-13(11)21-10-8-14(18)17-9-4-3-6-12(17)15(19)20/h1-2,5,7,12H,3-4,6,8-10H2,(H,19,20). The third kappa shape index (κ3) is 4.20. The molecule has 1 unspecified atom stereocenters. The molecule has 0 aromatic heterocycles. The molecule has 1 aliphatic rings. The van der Waals surface area contributed by atoms with Gasteiger partial charge in [-0.3, -0.25) is 4.79 Å². The zero-order valence-corrected chi connectivity index (χ0v) is 13.2. The third-order valence-electron chi connectivity index (χ3n) is 3.52. The fourth-order valence-electron chi connectivity index (χ4n) is 2.44. The average Bonchev–Trinajstić information content (AvgIpc) is 2.49. The van der Waals surface area contributed by atoms with Crippen LogP contribution in [0.1, 0.15) is 25.7 Å². The van der Waals surface area contributed by atoms with Crippen molar-refractivity contribution in [2.75, 3.05) is 13.2 Å². The van der Waals surface area contributed by atoms with Gasteiger partial charge in [-0.05, 0) is 47.3 Å². The number of ether oxygens (including phenoxy) is 1. The average molecular weight is 356 g/mol. The van der Waals surface area contributed by atoms with Crippen LogP contribution in [0.2, 0.25) is 0 Å². The zero-order valence-electron chi connectivity index (χ0n) is 11.6. The first-order valence-electron chi connectivity index (χ1n) is 6.99. The second kappa shape index (κ2) is 7.45. The summed E-state index contributed by atoms with van der Waals surface area (Å²) in [6.45, 7) is 0.759. The van der Waals surface area contributed by atoms with Crippen LogP contribution in [0.25, 0.3) is 0 Å². The topological polar surface area (TPSA) is 66.8 Å². The Morgan fingerprint density at radius 3 is 2.81 bits per heavy atom. The maximum absolute atomic E-state index is 12.2. The lowest BCUT2D eigenvalue weighted by atomic mass is 10.0. The van der Waals surface area contributed by atoms with E-state index in [0.717, 1.165) is 17.3 Å². The van der Waals surface area contributed by atoms with E-state index >= 15 is 0 Å². The SMILES string of the molecule is O=C(O)C1CCCCN1C(=O)CCOc1ccccc1Br. The van der Waals surface area contributed by atoms with E-state index in [1.165, 1.54) is 4.90 Å². The molecular weight excluding hydrogens is 338 g/mol. The summed E-state index contributed by atoms with van der Waals surface area (Å²) in [5.74, 6) is -0.400. The second-order valence-corrected chi connectivity index (χ2v) is 5.82. The first-order chi connectivity index (χ1) is 10.1. The Hall–Kier alpha value is -1.56. The summed E-state index contributed by atoms with van der Waals surface area (Å²) >= 11 is 3.37. The first kappa shape index (κ1) is 15.8. The normalized spacial score (nSPS) is 18.3. The van der Waals surface area contributed by atoms with Gasteiger partial charge in [-0.1, -0.05) is 12.1 Å². The van der Waals surface area contributed by atoms with Crippen LogP contribution in [0.3, 0.4) is 0 Å². The summed E-state index contributed by atoms with van der Waals surface area (Å²) in [7, 11) is 0. The second-order valence-electron chi connectivity index (χ2n) is 4.97. The predicted molar refractivity (Wildman–Crippen MR) is 81.2 cm³/mol. The Morgan fingerprint density at radius 2 is 2.10 bits per heavy atom. The monoisotopic (exact) mass is 355 g/mol. The highest BCUT2D eigenvalue weighted by Gasteiger charge is 2.31. The molecule has 1 saturated heterocycles. The van der Waals surface area contributed by atoms with Crippen molar-refractivity contribution in [2.45, 2.75) is 31.7 Å². The number of hydrogen-bond acceptors (Lipinski definition) is 3. The van der Waals surface area contributed by atoms with Crippen LogP contribution in [0.15, 0.2) is 28.7 Å². The summed E-state index contributed by atoms with van der Waals surface area (Å²) in [5.41, 5.74) is 0. The quantitative estimate of drug-likeness (QED) is 0.881. The minimum absolute atomic E-state index is 0.158. The molecule has 1 aliphatic heterocycles. The van der Waals surface area contributed by atoms with Crippen LogP contribution >= 0.6 is 15.9 Å². The summed E-state index contributed by atoms with van der Waals surface area (Å²) in [4.78, 5) is 24.8. The van der Waals surface area contributed by atoms with E-state index < -0.39 is 12.0 Å². The van der Waals surface area contributed by atoms with Gasteiger partial charge in [-0.2, -0.15) is 0 Å². The Bertz CT molecular complexity index is 520. The third-order valence-corrected chi connectivity index (χ3v) is 4.17. The molecule has 0 aliphatic carbocycles. The van der Waals surface area contributed by atoms with Crippen molar-refractivity contribution in [2.24, 2.45) is 0 Å². The number of hydrogen-bond donors (Lipinski definition) is 1. The van der Waals surface area contributed by atoms with E-state index in [0.29, 0.717) is 18.7 Å². The number of para-hydroxylation sites is 1. The highest BCUT2D eigenvalue weighted by molar-refractivity contribution is 9.10. The van der Waals surface area contributed by atoms with Crippen molar-refractivity contribution >= 4 is 27.8 Å². The highest BCUT2D eigenvalue weighted by Crippen LogP contribution is 2.24. The summed E-state index contributed by atoms with van der Waals surface area (Å²) in [6, 6.07) is 6.73. The number of nitrogens with zero attached hydrogens (tertiary/aromatic N) is 1. The Balaban J connectivity index is 1.86. The molecule has 5 nitrogen and oxygen atoms in total. The first-order valence-corrected chi connectivity index (χ1v) is 7.78. The zero-order chi connectivity index (χ0) is 15.2. The summed E-state index contributed by atoms with van der Waals surface area (Å²) < 4.78 is 6.38. The fraction of sp³-hybridized carbons (Fsp3) is 0.467. The van der Waals surface area contributed by atoms with Crippen molar-refractivity contribution in [3.8, 4) is 5.75 Å². The molecule has 0 spiro atoms. The number of halogens is 1. The number of benzene rings is 1. The number of carbonyl (C=O) groups is 2. The number of likely N-dealkylation sites (tertiary alicyclic amines) is 1. The molecule has 1 heterocycles. The molecule has 0 radical (unpaired) electrons. The van der Waals surface area contributed by atoms with Crippen molar-refractivity contribution in [1.29, 1.82) is 0 Å². The van der Waals surface area contributed by atoms with Gasteiger partial charge in [0.1, 0.15) is 11.8 Å². The molecular formula is C15H18BrNO4. The van der Waals surface area contributed by atoms with Gasteiger partial charge in [0, 0.05) is 6.54 Å². The van der Waals surface area contributed by atoms with E-state index in [2.05, 4.69) is 15.9 Å². The van der Waals surface area contributed by atoms with Gasteiger partial charge in [-0.15, -0.1) is 0 Å². The molecule has 1 aromatic rings. The van der Waals surface area contributed by atoms with Gasteiger partial charge in [-0.25, -0.2) is 4.79 Å². The summed E-state index contributed by atoms with van der Waals surface area (Å²) in [5, 5.41) is 9.17. The lowest BCUT2D eigenvalue weighted by molar-refractivity contribution is -0.152. The van der Waals surface area contributed by atoms with Crippen molar-refractivity contribution in [1.82, 2.24) is 4.90 Å². The molecule has 1 N–H and O–H groups in total. The minimum atomic E-state index is -0.922. The molecule has 1 aromatic carbocycles. The van der Waals surface area contributed by atoms with Crippen molar-refractivity contribution < 1.29 is 19.4 Å². The number of amides is 1. The number of rotatable bonds is 5.